The summed E-state index contributed by atoms with van der Waals surface area (Å²) in [6.07, 6.45) is 1.72. The number of rotatable bonds is 5. The fourth-order valence-corrected chi connectivity index (χ4v) is 1.46. The van der Waals surface area contributed by atoms with E-state index >= 15 is 0 Å². The van der Waals surface area contributed by atoms with Crippen molar-refractivity contribution in [3.63, 3.8) is 0 Å². The Hall–Kier alpha value is -1.81. The van der Waals surface area contributed by atoms with Crippen molar-refractivity contribution in [2.45, 2.75) is 0 Å². The first-order valence-corrected chi connectivity index (χ1v) is 5.05. The number of carbonyl (C=O) groups is 1. The van der Waals surface area contributed by atoms with Gasteiger partial charge in [0.1, 0.15) is 0 Å². The van der Waals surface area contributed by atoms with Crippen molar-refractivity contribution in [1.82, 2.24) is 5.32 Å². The molecule has 1 N–H and O–H groups in total. The Morgan fingerprint density at radius 3 is 3.06 bits per heavy atom. The third kappa shape index (κ3) is 2.23. The fraction of sp³-hybridized carbons (Fsp3) is 0.250. The molecule has 16 heavy (non-hydrogen) atoms. The molecule has 2 rings (SSSR count). The maximum absolute atomic E-state index is 11.7. The number of hydrogen-bond acceptors (Lipinski definition) is 4. The molecule has 4 nitrogen and oxygen atoms in total. The lowest BCUT2D eigenvalue weighted by Gasteiger charge is -2.03. The SMILES string of the molecule is C=CCNCC(=O)c1ccc2c(c1)OCO2. The van der Waals surface area contributed by atoms with Crippen LogP contribution in [0.1, 0.15) is 10.4 Å². The predicted molar refractivity (Wildman–Crippen MR) is 60.0 cm³/mol. The third-order valence-electron chi connectivity index (χ3n) is 2.27. The number of carbonyl (C=O) groups excluding carboxylic acids is 1. The molecule has 0 saturated carbocycles. The number of ketones is 1. The molecule has 0 radical (unpaired) electrons. The molecule has 1 aromatic carbocycles. The van der Waals surface area contributed by atoms with Gasteiger partial charge < -0.3 is 14.8 Å². The molecule has 0 atom stereocenters. The topological polar surface area (TPSA) is 47.6 Å². The van der Waals surface area contributed by atoms with Gasteiger partial charge in [-0.2, -0.15) is 0 Å². The zero-order valence-corrected chi connectivity index (χ0v) is 8.86. The highest BCUT2D eigenvalue weighted by Crippen LogP contribution is 2.32. The number of ether oxygens (including phenoxy) is 2. The summed E-state index contributed by atoms with van der Waals surface area (Å²) in [6, 6.07) is 5.20. The van der Waals surface area contributed by atoms with Crippen LogP contribution in [-0.2, 0) is 0 Å². The summed E-state index contributed by atoms with van der Waals surface area (Å²) in [4.78, 5) is 11.7. The van der Waals surface area contributed by atoms with Crippen molar-refractivity contribution in [1.29, 1.82) is 0 Å². The van der Waals surface area contributed by atoms with E-state index in [0.717, 1.165) is 0 Å². The van der Waals surface area contributed by atoms with Crippen LogP contribution < -0.4 is 14.8 Å². The summed E-state index contributed by atoms with van der Waals surface area (Å²) in [5.41, 5.74) is 0.626. The van der Waals surface area contributed by atoms with E-state index < -0.39 is 0 Å². The molecule has 4 heteroatoms. The van der Waals surface area contributed by atoms with Crippen molar-refractivity contribution in [2.75, 3.05) is 19.9 Å². The number of fused-ring (bicyclic) bond motifs is 1. The first kappa shape index (κ1) is 10.7. The van der Waals surface area contributed by atoms with Gasteiger partial charge in [-0.05, 0) is 18.2 Å². The van der Waals surface area contributed by atoms with Gasteiger partial charge in [0.15, 0.2) is 17.3 Å². The Balaban J connectivity index is 2.03. The van der Waals surface area contributed by atoms with Crippen molar-refractivity contribution in [3.05, 3.63) is 36.4 Å². The molecule has 0 amide bonds. The van der Waals surface area contributed by atoms with E-state index in [9.17, 15) is 4.79 Å². The summed E-state index contributed by atoms with van der Waals surface area (Å²) < 4.78 is 10.4. The molecule has 0 aliphatic carbocycles. The average Bonchev–Trinajstić information content (AvgIpc) is 2.76. The second kappa shape index (κ2) is 4.81. The molecular weight excluding hydrogens is 206 g/mol. The smallest absolute Gasteiger partial charge is 0.231 e. The lowest BCUT2D eigenvalue weighted by Crippen LogP contribution is -2.22. The molecule has 0 unspecified atom stereocenters. The first-order valence-electron chi connectivity index (χ1n) is 5.05. The van der Waals surface area contributed by atoms with Crippen LogP contribution in [-0.4, -0.2) is 25.7 Å². The van der Waals surface area contributed by atoms with Gasteiger partial charge in [-0.1, -0.05) is 6.08 Å². The van der Waals surface area contributed by atoms with Gasteiger partial charge in [0.2, 0.25) is 6.79 Å². The summed E-state index contributed by atoms with van der Waals surface area (Å²) in [7, 11) is 0. The Morgan fingerprint density at radius 1 is 1.44 bits per heavy atom. The van der Waals surface area contributed by atoms with E-state index in [-0.39, 0.29) is 12.6 Å². The van der Waals surface area contributed by atoms with E-state index in [0.29, 0.717) is 30.2 Å². The van der Waals surface area contributed by atoms with Gasteiger partial charge >= 0.3 is 0 Å². The molecule has 0 bridgehead atoms. The maximum Gasteiger partial charge on any atom is 0.231 e. The average molecular weight is 219 g/mol. The van der Waals surface area contributed by atoms with Crippen molar-refractivity contribution in [3.8, 4) is 11.5 Å². The summed E-state index contributed by atoms with van der Waals surface area (Å²) in [5, 5.41) is 2.96. The fourth-order valence-electron chi connectivity index (χ4n) is 1.46. The van der Waals surface area contributed by atoms with E-state index in [1.807, 2.05) is 0 Å². The van der Waals surface area contributed by atoms with Crippen molar-refractivity contribution in [2.24, 2.45) is 0 Å². The quantitative estimate of drug-likeness (QED) is 0.461. The second-order valence-corrected chi connectivity index (χ2v) is 3.41. The molecule has 1 aromatic rings. The molecule has 84 valence electrons. The van der Waals surface area contributed by atoms with Crippen LogP contribution in [0.4, 0.5) is 0 Å². The highest BCUT2D eigenvalue weighted by Gasteiger charge is 2.15. The molecule has 0 saturated heterocycles. The number of Topliss-reactive ketones (excluding diaryl/α,β-unsaturated/α-hetero) is 1. The van der Waals surface area contributed by atoms with E-state index in [2.05, 4.69) is 11.9 Å². The highest BCUT2D eigenvalue weighted by atomic mass is 16.7. The van der Waals surface area contributed by atoms with Crippen molar-refractivity contribution < 1.29 is 14.3 Å². The van der Waals surface area contributed by atoms with Gasteiger partial charge in [-0.15, -0.1) is 6.58 Å². The van der Waals surface area contributed by atoms with Gasteiger partial charge in [0.05, 0.1) is 6.54 Å². The zero-order chi connectivity index (χ0) is 11.4. The molecule has 0 fully saturated rings. The van der Waals surface area contributed by atoms with E-state index in [1.54, 1.807) is 24.3 Å². The van der Waals surface area contributed by atoms with Crippen LogP contribution in [0.3, 0.4) is 0 Å². The molecule has 0 aromatic heterocycles. The van der Waals surface area contributed by atoms with Gasteiger partial charge in [0, 0.05) is 12.1 Å². The molecule has 1 aliphatic rings. The minimum absolute atomic E-state index is 0.0279. The Morgan fingerprint density at radius 2 is 2.25 bits per heavy atom. The van der Waals surface area contributed by atoms with Crippen molar-refractivity contribution >= 4 is 5.78 Å². The van der Waals surface area contributed by atoms with E-state index in [4.69, 9.17) is 9.47 Å². The summed E-state index contributed by atoms with van der Waals surface area (Å²) in [6.45, 7) is 4.71. The molecule has 0 spiro atoms. The van der Waals surface area contributed by atoms with Crippen LogP contribution >= 0.6 is 0 Å². The number of benzene rings is 1. The lowest BCUT2D eigenvalue weighted by molar-refractivity contribution is 0.0992. The number of nitrogens with one attached hydrogen (secondary N) is 1. The van der Waals surface area contributed by atoms with Gasteiger partial charge in [0.25, 0.3) is 0 Å². The largest absolute Gasteiger partial charge is 0.454 e. The molecular formula is C12H13NO3. The lowest BCUT2D eigenvalue weighted by atomic mass is 10.1. The highest BCUT2D eigenvalue weighted by molar-refractivity contribution is 5.98. The number of hydrogen-bond donors (Lipinski definition) is 1. The van der Waals surface area contributed by atoms with Crippen LogP contribution in [0.15, 0.2) is 30.9 Å². The predicted octanol–water partition coefficient (Wildman–Crippen LogP) is 1.37. The summed E-state index contributed by atoms with van der Waals surface area (Å²) in [5.74, 6) is 1.35. The monoisotopic (exact) mass is 219 g/mol. The van der Waals surface area contributed by atoms with E-state index in [1.165, 1.54) is 0 Å². The standard InChI is InChI=1S/C12H13NO3/c1-2-5-13-7-10(14)9-3-4-11-12(6-9)16-8-15-11/h2-4,6,13H,1,5,7-8H2. The Labute approximate surface area is 93.9 Å². The minimum atomic E-state index is 0.0279. The Kier molecular flexibility index (Phi) is 3.22. The van der Waals surface area contributed by atoms with Crippen LogP contribution in [0.25, 0.3) is 0 Å². The van der Waals surface area contributed by atoms with Gasteiger partial charge in [-0.3, -0.25) is 4.79 Å². The first-order chi connectivity index (χ1) is 7.81. The normalized spacial score (nSPS) is 12.5. The third-order valence-corrected chi connectivity index (χ3v) is 2.27. The zero-order valence-electron chi connectivity index (χ0n) is 8.86. The van der Waals surface area contributed by atoms with Crippen LogP contribution in [0.5, 0.6) is 11.5 Å². The minimum Gasteiger partial charge on any atom is -0.454 e. The van der Waals surface area contributed by atoms with Gasteiger partial charge in [-0.25, -0.2) is 0 Å². The maximum atomic E-state index is 11.7. The molecule has 1 heterocycles. The summed E-state index contributed by atoms with van der Waals surface area (Å²) >= 11 is 0. The Bertz CT molecular complexity index is 415. The van der Waals surface area contributed by atoms with Crippen LogP contribution in [0.2, 0.25) is 0 Å². The second-order valence-electron chi connectivity index (χ2n) is 3.41. The molecule has 1 aliphatic heterocycles. The van der Waals surface area contributed by atoms with Crippen LogP contribution in [0, 0.1) is 0 Å².